The van der Waals surface area contributed by atoms with Gasteiger partial charge in [0.25, 0.3) is 0 Å². The topological polar surface area (TPSA) is 0 Å². The van der Waals surface area contributed by atoms with Crippen LogP contribution in [0, 0.1) is 0 Å². The van der Waals surface area contributed by atoms with Crippen LogP contribution in [-0.4, -0.2) is 0 Å². The SMILES string of the molecule is c1cc(-c2ccc3ccccc3c2)cc(-c2ccc3cc(-c4cc5c6ccccc6ccc5c5c4ccc4ccccc45)ccc3c2)c1. The molecule has 0 radical (unpaired) electrons. The lowest BCUT2D eigenvalue weighted by Crippen LogP contribution is -1.88. The molecule has 0 bridgehead atoms. The van der Waals surface area contributed by atoms with Gasteiger partial charge in [-0.2, -0.15) is 0 Å². The highest BCUT2D eigenvalue weighted by atomic mass is 14.2. The molecule has 0 aliphatic rings. The van der Waals surface area contributed by atoms with Gasteiger partial charge in [-0.15, -0.1) is 0 Å². The number of hydrogen-bond donors (Lipinski definition) is 0. The number of hydrogen-bond acceptors (Lipinski definition) is 0. The second-order valence-corrected chi connectivity index (χ2v) is 12.9. The summed E-state index contributed by atoms with van der Waals surface area (Å²) in [5, 5.41) is 15.4. The zero-order valence-corrected chi connectivity index (χ0v) is 26.3. The van der Waals surface area contributed by atoms with Gasteiger partial charge in [-0.25, -0.2) is 0 Å². The Morgan fingerprint density at radius 3 is 1.42 bits per heavy atom. The van der Waals surface area contributed by atoms with Crippen molar-refractivity contribution in [3.05, 3.63) is 182 Å². The van der Waals surface area contributed by atoms with Crippen molar-refractivity contribution in [2.24, 2.45) is 0 Å². The first kappa shape index (κ1) is 26.9. The van der Waals surface area contributed by atoms with E-state index in [9.17, 15) is 0 Å². The highest BCUT2D eigenvalue weighted by Crippen LogP contribution is 2.42. The summed E-state index contributed by atoms with van der Waals surface area (Å²) < 4.78 is 0. The zero-order valence-electron chi connectivity index (χ0n) is 26.3. The Morgan fingerprint density at radius 2 is 0.688 bits per heavy atom. The van der Waals surface area contributed by atoms with Crippen LogP contribution in [0.3, 0.4) is 0 Å². The molecule has 0 spiro atoms. The molecule has 0 atom stereocenters. The molecule has 48 heavy (non-hydrogen) atoms. The van der Waals surface area contributed by atoms with Gasteiger partial charge in [-0.05, 0) is 128 Å². The van der Waals surface area contributed by atoms with Gasteiger partial charge in [-0.1, -0.05) is 152 Å². The van der Waals surface area contributed by atoms with Gasteiger partial charge < -0.3 is 0 Å². The summed E-state index contributed by atoms with van der Waals surface area (Å²) in [5.74, 6) is 0. The molecular weight excluding hydrogens is 577 g/mol. The molecular formula is C48H30. The minimum Gasteiger partial charge on any atom is -0.0616 e. The molecule has 0 heteroatoms. The predicted octanol–water partition coefficient (Wildman–Crippen LogP) is 13.6. The van der Waals surface area contributed by atoms with Crippen molar-refractivity contribution < 1.29 is 0 Å². The average Bonchev–Trinajstić information content (AvgIpc) is 3.16. The third kappa shape index (κ3) is 4.31. The molecule has 0 nitrogen and oxygen atoms in total. The Morgan fingerprint density at radius 1 is 0.208 bits per heavy atom. The lowest BCUT2D eigenvalue weighted by molar-refractivity contribution is 1.61. The Hall–Kier alpha value is -6.24. The van der Waals surface area contributed by atoms with Gasteiger partial charge in [0.1, 0.15) is 0 Å². The fraction of sp³-hybridized carbons (Fsp3) is 0. The molecule has 10 rings (SSSR count). The maximum atomic E-state index is 2.42. The van der Waals surface area contributed by atoms with Gasteiger partial charge in [0.15, 0.2) is 0 Å². The van der Waals surface area contributed by atoms with E-state index >= 15 is 0 Å². The first-order chi connectivity index (χ1) is 23.8. The van der Waals surface area contributed by atoms with Crippen LogP contribution in [0.5, 0.6) is 0 Å². The Kier molecular flexibility index (Phi) is 5.98. The van der Waals surface area contributed by atoms with E-state index in [2.05, 4.69) is 182 Å². The molecule has 0 aromatic heterocycles. The highest BCUT2D eigenvalue weighted by molar-refractivity contribution is 6.28. The van der Waals surface area contributed by atoms with E-state index in [0.717, 1.165) is 0 Å². The highest BCUT2D eigenvalue weighted by Gasteiger charge is 2.14. The largest absolute Gasteiger partial charge is 0.0616 e. The molecule has 10 aromatic carbocycles. The van der Waals surface area contributed by atoms with Crippen LogP contribution < -0.4 is 0 Å². The van der Waals surface area contributed by atoms with E-state index in [1.54, 1.807) is 0 Å². The zero-order chi connectivity index (χ0) is 31.6. The third-order valence-electron chi connectivity index (χ3n) is 10.2. The molecule has 10 aromatic rings. The van der Waals surface area contributed by atoms with E-state index < -0.39 is 0 Å². The van der Waals surface area contributed by atoms with Gasteiger partial charge in [0, 0.05) is 0 Å². The quantitative estimate of drug-likeness (QED) is 0.176. The van der Waals surface area contributed by atoms with Crippen LogP contribution in [0.15, 0.2) is 182 Å². The van der Waals surface area contributed by atoms with Crippen LogP contribution in [0.1, 0.15) is 0 Å². The van der Waals surface area contributed by atoms with Crippen LogP contribution in [0.2, 0.25) is 0 Å². The minimum absolute atomic E-state index is 1.23. The third-order valence-corrected chi connectivity index (χ3v) is 10.2. The molecule has 0 unspecified atom stereocenters. The van der Waals surface area contributed by atoms with Crippen molar-refractivity contribution >= 4 is 64.6 Å². The van der Waals surface area contributed by atoms with Gasteiger partial charge in [-0.3, -0.25) is 0 Å². The van der Waals surface area contributed by atoms with E-state index in [-0.39, 0.29) is 0 Å². The van der Waals surface area contributed by atoms with Crippen molar-refractivity contribution in [2.75, 3.05) is 0 Å². The lowest BCUT2D eigenvalue weighted by atomic mass is 9.88. The number of fused-ring (bicyclic) bond motifs is 9. The normalized spacial score (nSPS) is 11.8. The Labute approximate surface area is 279 Å². The predicted molar refractivity (Wildman–Crippen MR) is 208 cm³/mol. The summed E-state index contributed by atoms with van der Waals surface area (Å²) in [6.07, 6.45) is 0. The molecule has 0 saturated carbocycles. The van der Waals surface area contributed by atoms with Crippen molar-refractivity contribution in [1.82, 2.24) is 0 Å². The van der Waals surface area contributed by atoms with E-state index in [4.69, 9.17) is 0 Å². The standard InChI is InChI=1S/C48H30/c1-2-11-34-26-37(17-16-31(34)8-1)35-12-7-13-36(27-35)38-18-19-40-29-41(21-20-39(40)28-38)46-30-47-42-14-5-3-9-32(42)22-25-45(47)48-43-15-6-4-10-33(43)23-24-44(46)48/h1-30H. The van der Waals surface area contributed by atoms with Crippen LogP contribution in [0.4, 0.5) is 0 Å². The van der Waals surface area contributed by atoms with Crippen molar-refractivity contribution in [3.63, 3.8) is 0 Å². The molecule has 0 amide bonds. The van der Waals surface area contributed by atoms with Crippen molar-refractivity contribution in [3.8, 4) is 33.4 Å². The van der Waals surface area contributed by atoms with Crippen LogP contribution in [-0.2, 0) is 0 Å². The smallest absolute Gasteiger partial charge is 0.00204 e. The summed E-state index contributed by atoms with van der Waals surface area (Å²) in [7, 11) is 0. The Balaban J connectivity index is 1.11. The number of rotatable bonds is 3. The maximum Gasteiger partial charge on any atom is -0.00204 e. The average molecular weight is 607 g/mol. The minimum atomic E-state index is 1.23. The van der Waals surface area contributed by atoms with Crippen LogP contribution >= 0.6 is 0 Å². The molecule has 0 aliphatic carbocycles. The molecule has 0 heterocycles. The second kappa shape index (κ2) is 10.7. The lowest BCUT2D eigenvalue weighted by Gasteiger charge is -2.16. The Bertz CT molecular complexity index is 2890. The summed E-state index contributed by atoms with van der Waals surface area (Å²) in [4.78, 5) is 0. The maximum absolute atomic E-state index is 2.42. The second-order valence-electron chi connectivity index (χ2n) is 12.9. The molecule has 0 N–H and O–H groups in total. The van der Waals surface area contributed by atoms with E-state index in [1.165, 1.54) is 98.0 Å². The molecule has 222 valence electrons. The first-order valence-electron chi connectivity index (χ1n) is 16.7. The first-order valence-corrected chi connectivity index (χ1v) is 16.7. The van der Waals surface area contributed by atoms with E-state index in [0.29, 0.717) is 0 Å². The summed E-state index contributed by atoms with van der Waals surface area (Å²) in [6.45, 7) is 0. The molecule has 0 saturated heterocycles. The van der Waals surface area contributed by atoms with Crippen molar-refractivity contribution in [2.45, 2.75) is 0 Å². The van der Waals surface area contributed by atoms with E-state index in [1.807, 2.05) is 0 Å². The molecule has 0 fully saturated rings. The monoisotopic (exact) mass is 606 g/mol. The van der Waals surface area contributed by atoms with Crippen LogP contribution in [0.25, 0.3) is 98.0 Å². The van der Waals surface area contributed by atoms with Gasteiger partial charge in [0.2, 0.25) is 0 Å². The fourth-order valence-corrected chi connectivity index (χ4v) is 7.76. The van der Waals surface area contributed by atoms with Crippen molar-refractivity contribution in [1.29, 1.82) is 0 Å². The summed E-state index contributed by atoms with van der Waals surface area (Å²) in [5.41, 5.74) is 7.44. The van der Waals surface area contributed by atoms with Gasteiger partial charge in [0.05, 0.1) is 0 Å². The summed E-state index contributed by atoms with van der Waals surface area (Å²) >= 11 is 0. The number of benzene rings is 10. The summed E-state index contributed by atoms with van der Waals surface area (Å²) in [6, 6.07) is 67.2. The van der Waals surface area contributed by atoms with Gasteiger partial charge >= 0.3 is 0 Å². The fourth-order valence-electron chi connectivity index (χ4n) is 7.76. The molecule has 0 aliphatic heterocycles.